The summed E-state index contributed by atoms with van der Waals surface area (Å²) < 4.78 is 9.61. The Balaban J connectivity index is 3.01. The van der Waals surface area contributed by atoms with Gasteiger partial charge in [-0.25, -0.2) is 0 Å². The molecule has 0 atom stereocenters. The van der Waals surface area contributed by atoms with E-state index >= 15 is 0 Å². The zero-order chi connectivity index (χ0) is 12.8. The van der Waals surface area contributed by atoms with Gasteiger partial charge in [-0.05, 0) is 18.1 Å². The van der Waals surface area contributed by atoms with Crippen LogP contribution in [0.25, 0.3) is 0 Å². The van der Waals surface area contributed by atoms with Crippen molar-refractivity contribution in [3.05, 3.63) is 23.3 Å². The van der Waals surface area contributed by atoms with E-state index in [-0.39, 0.29) is 23.7 Å². The van der Waals surface area contributed by atoms with Crippen LogP contribution in [0.2, 0.25) is 0 Å². The van der Waals surface area contributed by atoms with Gasteiger partial charge in [0.2, 0.25) is 0 Å². The van der Waals surface area contributed by atoms with Crippen molar-refractivity contribution in [2.75, 3.05) is 14.2 Å². The zero-order valence-electron chi connectivity index (χ0n) is 9.69. The van der Waals surface area contributed by atoms with Gasteiger partial charge in [0.1, 0.15) is 23.1 Å². The van der Waals surface area contributed by atoms with E-state index in [0.717, 1.165) is 0 Å². The molecule has 1 rings (SSSR count). The number of nitrogens with zero attached hydrogens (tertiary/aromatic N) is 1. The summed E-state index contributed by atoms with van der Waals surface area (Å²) in [5, 5.41) is 18.4. The van der Waals surface area contributed by atoms with Crippen molar-refractivity contribution in [3.8, 4) is 17.6 Å². The van der Waals surface area contributed by atoms with Crippen LogP contribution in [0.4, 0.5) is 0 Å². The molecule has 0 radical (unpaired) electrons. The smallest absolute Gasteiger partial charge is 0.305 e. The van der Waals surface area contributed by atoms with E-state index in [9.17, 15) is 9.90 Å². The predicted molar refractivity (Wildman–Crippen MR) is 59.7 cm³/mol. The molecule has 0 saturated heterocycles. The molecule has 0 aliphatic carbocycles. The van der Waals surface area contributed by atoms with Crippen molar-refractivity contribution in [1.29, 1.82) is 5.26 Å². The summed E-state index contributed by atoms with van der Waals surface area (Å²) in [6.07, 6.45) is 0.591. The summed E-state index contributed by atoms with van der Waals surface area (Å²) in [5.41, 5.74) is 0.766. The maximum atomic E-state index is 11.0. The number of carbonyl (C=O) groups excluding carboxylic acids is 1. The number of esters is 1. The number of rotatable bonds is 4. The Kier molecular flexibility index (Phi) is 4.35. The minimum atomic E-state index is -0.335. The fourth-order valence-electron chi connectivity index (χ4n) is 1.49. The monoisotopic (exact) mass is 235 g/mol. The third-order valence-electron chi connectivity index (χ3n) is 2.36. The first kappa shape index (κ1) is 12.8. The van der Waals surface area contributed by atoms with Gasteiger partial charge in [-0.1, -0.05) is 6.07 Å². The Morgan fingerprint density at radius 2 is 2.18 bits per heavy atom. The van der Waals surface area contributed by atoms with Gasteiger partial charge in [0, 0.05) is 6.42 Å². The third kappa shape index (κ3) is 2.88. The maximum absolute atomic E-state index is 11.0. The molecule has 0 aliphatic heterocycles. The zero-order valence-corrected chi connectivity index (χ0v) is 9.69. The summed E-state index contributed by atoms with van der Waals surface area (Å²) >= 11 is 0. The second-order valence-electron chi connectivity index (χ2n) is 3.34. The molecular weight excluding hydrogens is 222 g/mol. The number of phenolic OH excluding ortho intramolecular Hbond substituents is 1. The lowest BCUT2D eigenvalue weighted by Crippen LogP contribution is -2.03. The molecule has 0 spiro atoms. The molecule has 17 heavy (non-hydrogen) atoms. The van der Waals surface area contributed by atoms with Crippen molar-refractivity contribution < 1.29 is 19.4 Å². The molecule has 5 nitrogen and oxygen atoms in total. The molecule has 0 heterocycles. The van der Waals surface area contributed by atoms with Crippen LogP contribution in [0.15, 0.2) is 12.1 Å². The van der Waals surface area contributed by atoms with Crippen molar-refractivity contribution in [1.82, 2.24) is 0 Å². The van der Waals surface area contributed by atoms with Crippen LogP contribution < -0.4 is 4.74 Å². The topological polar surface area (TPSA) is 79.5 Å². The molecule has 90 valence electrons. The average Bonchev–Trinajstić information content (AvgIpc) is 2.36. The van der Waals surface area contributed by atoms with Crippen molar-refractivity contribution in [2.24, 2.45) is 0 Å². The Labute approximate surface area is 99.2 Å². The number of aryl methyl sites for hydroxylation is 1. The van der Waals surface area contributed by atoms with Crippen LogP contribution in [-0.4, -0.2) is 25.3 Å². The van der Waals surface area contributed by atoms with Crippen LogP contribution in [0, 0.1) is 11.3 Å². The van der Waals surface area contributed by atoms with Gasteiger partial charge >= 0.3 is 5.97 Å². The Bertz CT molecular complexity index is 462. The summed E-state index contributed by atoms with van der Waals surface area (Å²) in [4.78, 5) is 11.0. The number of hydrogen-bond acceptors (Lipinski definition) is 5. The molecule has 0 saturated carbocycles. The Morgan fingerprint density at radius 3 is 2.71 bits per heavy atom. The molecule has 1 aromatic carbocycles. The molecule has 0 aromatic heterocycles. The van der Waals surface area contributed by atoms with E-state index in [1.165, 1.54) is 20.3 Å². The molecule has 0 bridgehead atoms. The molecule has 0 fully saturated rings. The van der Waals surface area contributed by atoms with Gasteiger partial charge in [-0.3, -0.25) is 4.79 Å². The Morgan fingerprint density at radius 1 is 1.47 bits per heavy atom. The molecule has 5 heteroatoms. The van der Waals surface area contributed by atoms with Crippen molar-refractivity contribution >= 4 is 5.97 Å². The van der Waals surface area contributed by atoms with Crippen molar-refractivity contribution in [3.63, 3.8) is 0 Å². The first-order valence-electron chi connectivity index (χ1n) is 4.99. The van der Waals surface area contributed by atoms with Crippen LogP contribution in [0.3, 0.4) is 0 Å². The number of carbonyl (C=O) groups is 1. The normalized spacial score (nSPS) is 9.47. The van der Waals surface area contributed by atoms with E-state index in [4.69, 9.17) is 10.00 Å². The second kappa shape index (κ2) is 5.75. The van der Waals surface area contributed by atoms with E-state index in [2.05, 4.69) is 4.74 Å². The maximum Gasteiger partial charge on any atom is 0.305 e. The van der Waals surface area contributed by atoms with E-state index in [0.29, 0.717) is 17.7 Å². The summed E-state index contributed by atoms with van der Waals surface area (Å²) in [6, 6.07) is 4.90. The summed E-state index contributed by atoms with van der Waals surface area (Å²) in [5.74, 6) is -0.166. The summed E-state index contributed by atoms with van der Waals surface area (Å²) in [7, 11) is 2.73. The van der Waals surface area contributed by atoms with Crippen LogP contribution >= 0.6 is 0 Å². The van der Waals surface area contributed by atoms with Gasteiger partial charge in [0.15, 0.2) is 0 Å². The first-order chi connectivity index (χ1) is 8.13. The number of hydrogen-bond donors (Lipinski definition) is 1. The lowest BCUT2D eigenvalue weighted by Gasteiger charge is -2.10. The number of phenols is 1. The van der Waals surface area contributed by atoms with Gasteiger partial charge < -0.3 is 14.6 Å². The number of methoxy groups -OCH3 is 2. The van der Waals surface area contributed by atoms with E-state index < -0.39 is 0 Å². The minimum absolute atomic E-state index is 0.0786. The molecule has 1 aromatic rings. The van der Waals surface area contributed by atoms with E-state index in [1.807, 2.05) is 6.07 Å². The van der Waals surface area contributed by atoms with Gasteiger partial charge in [0.25, 0.3) is 0 Å². The fraction of sp³-hybridized carbons (Fsp3) is 0.333. The SMILES string of the molecule is COC(=O)CCc1ccc(O)c(C#N)c1OC. The lowest BCUT2D eigenvalue weighted by molar-refractivity contribution is -0.140. The molecule has 0 aliphatic rings. The molecule has 0 unspecified atom stereocenters. The number of benzene rings is 1. The highest BCUT2D eigenvalue weighted by Crippen LogP contribution is 2.31. The molecule has 1 N–H and O–H groups in total. The molecule has 0 amide bonds. The van der Waals surface area contributed by atoms with Gasteiger partial charge in [-0.2, -0.15) is 5.26 Å². The first-order valence-corrected chi connectivity index (χ1v) is 4.99. The quantitative estimate of drug-likeness (QED) is 0.797. The second-order valence-corrected chi connectivity index (χ2v) is 3.34. The van der Waals surface area contributed by atoms with Crippen LogP contribution in [0.5, 0.6) is 11.5 Å². The van der Waals surface area contributed by atoms with Crippen LogP contribution in [-0.2, 0) is 16.0 Å². The fourth-order valence-corrected chi connectivity index (χ4v) is 1.49. The number of aromatic hydroxyl groups is 1. The predicted octanol–water partition coefficient (Wildman–Crippen LogP) is 1.38. The Hall–Kier alpha value is -2.22. The standard InChI is InChI=1S/C12H13NO4/c1-16-11(15)6-4-8-3-5-10(14)9(7-13)12(8)17-2/h3,5,14H,4,6H2,1-2H3. The number of ether oxygens (including phenoxy) is 2. The number of nitriles is 1. The van der Waals surface area contributed by atoms with Crippen molar-refractivity contribution in [2.45, 2.75) is 12.8 Å². The minimum Gasteiger partial charge on any atom is -0.506 e. The van der Waals surface area contributed by atoms with E-state index in [1.54, 1.807) is 6.07 Å². The lowest BCUT2D eigenvalue weighted by atomic mass is 10.0. The van der Waals surface area contributed by atoms with Crippen LogP contribution in [0.1, 0.15) is 17.5 Å². The highest BCUT2D eigenvalue weighted by atomic mass is 16.5. The van der Waals surface area contributed by atoms with Gasteiger partial charge in [-0.15, -0.1) is 0 Å². The van der Waals surface area contributed by atoms with Gasteiger partial charge in [0.05, 0.1) is 14.2 Å². The highest BCUT2D eigenvalue weighted by molar-refractivity contribution is 5.70. The molecular formula is C12H13NO4. The summed E-state index contributed by atoms with van der Waals surface area (Å²) in [6.45, 7) is 0. The third-order valence-corrected chi connectivity index (χ3v) is 2.36. The largest absolute Gasteiger partial charge is 0.506 e. The average molecular weight is 235 g/mol. The highest BCUT2D eigenvalue weighted by Gasteiger charge is 2.14.